The zero-order valence-corrected chi connectivity index (χ0v) is 18.2. The standard InChI is InChI=1S/C25H20ClN5O2/c1-15-21(24(33)28-17-7-3-2-4-8-17)22(16-11-13-18(32)14-12-16)31-25(27-15)29-23(30-31)19-9-5-6-10-20(19)26/h2-14,21-22,32H,1H2,(H,28,33)(H,27,29,30). The van der Waals surface area contributed by atoms with E-state index in [1.54, 1.807) is 35.0 Å². The van der Waals surface area contributed by atoms with Crippen LogP contribution in [0.25, 0.3) is 11.4 Å². The number of halogens is 1. The number of amides is 1. The van der Waals surface area contributed by atoms with E-state index in [1.807, 2.05) is 48.5 Å². The van der Waals surface area contributed by atoms with Gasteiger partial charge in [0.2, 0.25) is 11.9 Å². The molecule has 1 amide bonds. The number of hydrogen-bond donors (Lipinski definition) is 3. The van der Waals surface area contributed by atoms with Crippen LogP contribution < -0.4 is 10.6 Å². The summed E-state index contributed by atoms with van der Waals surface area (Å²) in [4.78, 5) is 18.0. The lowest BCUT2D eigenvalue weighted by atomic mass is 9.88. The molecule has 0 saturated carbocycles. The lowest BCUT2D eigenvalue weighted by Crippen LogP contribution is -2.39. The van der Waals surface area contributed by atoms with Gasteiger partial charge in [0, 0.05) is 16.9 Å². The highest BCUT2D eigenvalue weighted by Gasteiger charge is 2.40. The van der Waals surface area contributed by atoms with Crippen LogP contribution in [-0.4, -0.2) is 25.8 Å². The lowest BCUT2D eigenvalue weighted by Gasteiger charge is -2.33. The van der Waals surface area contributed by atoms with Crippen molar-refractivity contribution in [2.45, 2.75) is 6.04 Å². The molecule has 1 aliphatic rings. The first-order valence-electron chi connectivity index (χ1n) is 10.3. The zero-order chi connectivity index (χ0) is 22.9. The zero-order valence-electron chi connectivity index (χ0n) is 17.4. The van der Waals surface area contributed by atoms with Crippen molar-refractivity contribution in [3.05, 3.63) is 102 Å². The third-order valence-corrected chi connectivity index (χ3v) is 5.86. The molecular formula is C25H20ClN5O2. The molecule has 5 rings (SSSR count). The second kappa shape index (κ2) is 8.44. The molecule has 0 fully saturated rings. The van der Waals surface area contributed by atoms with Crippen molar-refractivity contribution in [1.82, 2.24) is 14.8 Å². The summed E-state index contributed by atoms with van der Waals surface area (Å²) in [7, 11) is 0. The number of phenols is 1. The lowest BCUT2D eigenvalue weighted by molar-refractivity contribution is -0.119. The number of para-hydroxylation sites is 1. The van der Waals surface area contributed by atoms with Gasteiger partial charge in [-0.25, -0.2) is 4.68 Å². The Hall–Kier alpha value is -4.10. The molecule has 2 unspecified atom stereocenters. The van der Waals surface area contributed by atoms with Crippen molar-refractivity contribution in [2.75, 3.05) is 10.6 Å². The number of rotatable bonds is 4. The summed E-state index contributed by atoms with van der Waals surface area (Å²) in [5.41, 5.74) is 2.64. The normalized spacial score (nSPS) is 17.2. The van der Waals surface area contributed by atoms with E-state index in [9.17, 15) is 9.90 Å². The number of benzene rings is 3. The molecular weight excluding hydrogens is 438 g/mol. The molecule has 2 heterocycles. The molecule has 3 N–H and O–H groups in total. The van der Waals surface area contributed by atoms with Gasteiger partial charge in [0.25, 0.3) is 0 Å². The van der Waals surface area contributed by atoms with Gasteiger partial charge in [-0.3, -0.25) is 4.79 Å². The number of aromatic hydroxyl groups is 1. The van der Waals surface area contributed by atoms with Gasteiger partial charge < -0.3 is 15.7 Å². The number of carbonyl (C=O) groups is 1. The van der Waals surface area contributed by atoms with Crippen LogP contribution in [0.2, 0.25) is 5.02 Å². The number of aromatic nitrogens is 3. The Morgan fingerprint density at radius 1 is 1.03 bits per heavy atom. The van der Waals surface area contributed by atoms with Gasteiger partial charge in [0.1, 0.15) is 11.7 Å². The van der Waals surface area contributed by atoms with E-state index in [-0.39, 0.29) is 11.7 Å². The number of nitrogens with zero attached hydrogens (tertiary/aromatic N) is 3. The minimum Gasteiger partial charge on any atom is -0.508 e. The first-order valence-corrected chi connectivity index (χ1v) is 10.7. The first-order chi connectivity index (χ1) is 16.0. The van der Waals surface area contributed by atoms with Crippen LogP contribution in [0.15, 0.2) is 91.1 Å². The summed E-state index contributed by atoms with van der Waals surface area (Å²) in [6.07, 6.45) is 0. The second-order valence-corrected chi connectivity index (χ2v) is 8.11. The van der Waals surface area contributed by atoms with Gasteiger partial charge in [0.05, 0.1) is 11.1 Å². The van der Waals surface area contributed by atoms with E-state index in [4.69, 9.17) is 16.7 Å². The number of nitrogens with one attached hydrogen (secondary N) is 2. The van der Waals surface area contributed by atoms with Crippen LogP contribution >= 0.6 is 11.6 Å². The van der Waals surface area contributed by atoms with Crippen LogP contribution in [0.1, 0.15) is 11.6 Å². The average molecular weight is 458 g/mol. The Labute approximate surface area is 195 Å². The Morgan fingerprint density at radius 3 is 2.45 bits per heavy atom. The van der Waals surface area contributed by atoms with Gasteiger partial charge in [-0.05, 0) is 42.0 Å². The third kappa shape index (κ3) is 3.94. The largest absolute Gasteiger partial charge is 0.508 e. The van der Waals surface area contributed by atoms with Gasteiger partial charge in [0.15, 0.2) is 5.82 Å². The van der Waals surface area contributed by atoms with Crippen LogP contribution in [0.5, 0.6) is 5.75 Å². The highest BCUT2D eigenvalue weighted by Crippen LogP contribution is 2.40. The van der Waals surface area contributed by atoms with E-state index in [1.165, 1.54) is 0 Å². The van der Waals surface area contributed by atoms with E-state index >= 15 is 0 Å². The molecule has 3 aromatic carbocycles. The van der Waals surface area contributed by atoms with Crippen LogP contribution in [-0.2, 0) is 4.79 Å². The smallest absolute Gasteiger partial charge is 0.235 e. The number of hydrogen-bond acceptors (Lipinski definition) is 5. The Kier molecular flexibility index (Phi) is 5.32. The maximum atomic E-state index is 13.4. The molecule has 7 nitrogen and oxygen atoms in total. The summed E-state index contributed by atoms with van der Waals surface area (Å²) in [5.74, 6) is 0.0909. The number of anilines is 2. The van der Waals surface area contributed by atoms with Crippen molar-refractivity contribution < 1.29 is 9.90 Å². The maximum absolute atomic E-state index is 13.4. The quantitative estimate of drug-likeness (QED) is 0.397. The molecule has 0 aliphatic carbocycles. The fraction of sp³-hybridized carbons (Fsp3) is 0.0800. The van der Waals surface area contributed by atoms with Crippen LogP contribution in [0, 0.1) is 5.92 Å². The predicted octanol–water partition coefficient (Wildman–Crippen LogP) is 5.09. The molecule has 0 radical (unpaired) electrons. The topological polar surface area (TPSA) is 92.1 Å². The summed E-state index contributed by atoms with van der Waals surface area (Å²) in [6.45, 7) is 4.12. The highest BCUT2D eigenvalue weighted by atomic mass is 35.5. The van der Waals surface area contributed by atoms with Crippen LogP contribution in [0.4, 0.5) is 11.6 Å². The fourth-order valence-electron chi connectivity index (χ4n) is 3.96. The summed E-state index contributed by atoms with van der Waals surface area (Å²) < 4.78 is 1.68. The van der Waals surface area contributed by atoms with E-state index in [2.05, 4.69) is 22.2 Å². The summed E-state index contributed by atoms with van der Waals surface area (Å²) in [5, 5.41) is 21.1. The molecule has 4 aromatic rings. The van der Waals surface area contributed by atoms with Gasteiger partial charge in [-0.2, -0.15) is 4.98 Å². The maximum Gasteiger partial charge on any atom is 0.235 e. The second-order valence-electron chi connectivity index (χ2n) is 7.70. The minimum atomic E-state index is -0.692. The molecule has 0 saturated heterocycles. The van der Waals surface area contributed by atoms with Crippen LogP contribution in [0.3, 0.4) is 0 Å². The Morgan fingerprint density at radius 2 is 1.73 bits per heavy atom. The van der Waals surface area contributed by atoms with Crippen molar-refractivity contribution in [3.63, 3.8) is 0 Å². The van der Waals surface area contributed by atoms with Crippen molar-refractivity contribution in [2.24, 2.45) is 5.92 Å². The van der Waals surface area contributed by atoms with E-state index in [0.717, 1.165) is 5.56 Å². The van der Waals surface area contributed by atoms with Crippen molar-refractivity contribution in [3.8, 4) is 17.1 Å². The molecule has 0 bridgehead atoms. The van der Waals surface area contributed by atoms with Gasteiger partial charge in [-0.1, -0.05) is 60.6 Å². The molecule has 0 spiro atoms. The first kappa shape index (κ1) is 20.8. The minimum absolute atomic E-state index is 0.132. The number of fused-ring (bicyclic) bond motifs is 1. The SMILES string of the molecule is C=C1Nc2nc(-c3ccccc3Cl)nn2C(c2ccc(O)cc2)C1C(=O)Nc1ccccc1. The molecule has 2 atom stereocenters. The van der Waals surface area contributed by atoms with E-state index < -0.39 is 12.0 Å². The molecule has 1 aromatic heterocycles. The predicted molar refractivity (Wildman–Crippen MR) is 128 cm³/mol. The summed E-state index contributed by atoms with van der Waals surface area (Å²) in [6, 6.07) is 22.7. The third-order valence-electron chi connectivity index (χ3n) is 5.53. The fourth-order valence-corrected chi connectivity index (χ4v) is 4.18. The van der Waals surface area contributed by atoms with Crippen molar-refractivity contribution in [1.29, 1.82) is 0 Å². The summed E-state index contributed by atoms with van der Waals surface area (Å²) >= 11 is 6.37. The highest BCUT2D eigenvalue weighted by molar-refractivity contribution is 6.33. The van der Waals surface area contributed by atoms with Gasteiger partial charge in [-0.15, -0.1) is 5.10 Å². The molecule has 8 heteroatoms. The Bertz CT molecular complexity index is 1330. The molecule has 164 valence electrons. The van der Waals surface area contributed by atoms with E-state index in [0.29, 0.717) is 33.7 Å². The Balaban J connectivity index is 1.60. The molecule has 1 aliphatic heterocycles. The van der Waals surface area contributed by atoms with Gasteiger partial charge >= 0.3 is 0 Å². The average Bonchev–Trinajstić information content (AvgIpc) is 3.23. The molecule has 33 heavy (non-hydrogen) atoms. The number of carbonyl (C=O) groups excluding carboxylic acids is 1. The number of phenolic OH excluding ortho intramolecular Hbond substituents is 1. The monoisotopic (exact) mass is 457 g/mol. The van der Waals surface area contributed by atoms with Crippen molar-refractivity contribution >= 4 is 29.1 Å².